The smallest absolute Gasteiger partial charge is 0.250 e. The lowest BCUT2D eigenvalue weighted by molar-refractivity contribution is -0.120. The van der Waals surface area contributed by atoms with Crippen molar-refractivity contribution in [2.75, 3.05) is 6.54 Å². The van der Waals surface area contributed by atoms with E-state index in [2.05, 4.69) is 37.9 Å². The van der Waals surface area contributed by atoms with Gasteiger partial charge in [-0.3, -0.25) is 4.79 Å². The summed E-state index contributed by atoms with van der Waals surface area (Å²) in [4.78, 5) is 16.6. The fourth-order valence-electron chi connectivity index (χ4n) is 3.71. The molecule has 1 amide bonds. The van der Waals surface area contributed by atoms with Gasteiger partial charge in [0.05, 0.1) is 6.54 Å². The monoisotopic (exact) mass is 418 g/mol. The first-order chi connectivity index (χ1) is 13.5. The van der Waals surface area contributed by atoms with Gasteiger partial charge in [0, 0.05) is 29.9 Å². The second kappa shape index (κ2) is 8.02. The molecule has 3 aromatic rings. The highest BCUT2D eigenvalue weighted by Crippen LogP contribution is 2.31. The number of carbonyl (C=O) groups is 1. The van der Waals surface area contributed by atoms with Crippen molar-refractivity contribution in [2.45, 2.75) is 42.0 Å². The Morgan fingerprint density at radius 3 is 2.75 bits per heavy atom. The molecule has 0 aliphatic heterocycles. The standard InChI is InChI=1S/C19H22N4O3S2/c24-17(13-21-28(25,26)18-4-2-12-27-18)22-15-5-7-16(8-6-15)23-11-9-14-3-1-10-20-19(14)23/h1-4,9-12,15-16,21H,5-8,13H2,(H,22,24). The highest BCUT2D eigenvalue weighted by molar-refractivity contribution is 7.91. The topological polar surface area (TPSA) is 93.1 Å². The molecule has 28 heavy (non-hydrogen) atoms. The largest absolute Gasteiger partial charge is 0.352 e. The number of thiophene rings is 1. The predicted octanol–water partition coefficient (Wildman–Crippen LogP) is 2.68. The van der Waals surface area contributed by atoms with Crippen molar-refractivity contribution in [3.63, 3.8) is 0 Å². The van der Waals surface area contributed by atoms with Crippen molar-refractivity contribution in [3.05, 3.63) is 48.1 Å². The summed E-state index contributed by atoms with van der Waals surface area (Å²) in [6.45, 7) is -0.244. The van der Waals surface area contributed by atoms with Crippen molar-refractivity contribution in [2.24, 2.45) is 0 Å². The Bertz CT molecular complexity index is 1050. The predicted molar refractivity (Wildman–Crippen MR) is 109 cm³/mol. The van der Waals surface area contributed by atoms with Crippen LogP contribution in [0.15, 0.2) is 52.3 Å². The highest BCUT2D eigenvalue weighted by Gasteiger charge is 2.25. The van der Waals surface area contributed by atoms with Crippen LogP contribution in [0.4, 0.5) is 0 Å². The van der Waals surface area contributed by atoms with Gasteiger partial charge in [-0.25, -0.2) is 18.1 Å². The van der Waals surface area contributed by atoms with E-state index >= 15 is 0 Å². The summed E-state index contributed by atoms with van der Waals surface area (Å²) in [6.07, 6.45) is 7.52. The van der Waals surface area contributed by atoms with Gasteiger partial charge in [0.1, 0.15) is 9.86 Å². The van der Waals surface area contributed by atoms with Gasteiger partial charge in [-0.05, 0) is 55.3 Å². The lowest BCUT2D eigenvalue weighted by Gasteiger charge is -2.30. The summed E-state index contributed by atoms with van der Waals surface area (Å²) in [7, 11) is -3.61. The molecule has 0 unspecified atom stereocenters. The second-order valence-corrected chi connectivity index (χ2v) is 9.91. The van der Waals surface area contributed by atoms with Gasteiger partial charge in [-0.2, -0.15) is 0 Å². The van der Waals surface area contributed by atoms with Crippen molar-refractivity contribution in [1.29, 1.82) is 0 Å². The lowest BCUT2D eigenvalue weighted by atomic mass is 9.91. The van der Waals surface area contributed by atoms with Gasteiger partial charge >= 0.3 is 0 Å². The summed E-state index contributed by atoms with van der Waals surface area (Å²) < 4.78 is 29.0. The van der Waals surface area contributed by atoms with Crippen LogP contribution >= 0.6 is 11.3 Å². The van der Waals surface area contributed by atoms with Crippen LogP contribution in [0, 0.1) is 0 Å². The molecular weight excluding hydrogens is 396 g/mol. The zero-order chi connectivity index (χ0) is 19.6. The van der Waals surface area contributed by atoms with Gasteiger partial charge in [-0.15, -0.1) is 11.3 Å². The van der Waals surface area contributed by atoms with Gasteiger partial charge in [0.15, 0.2) is 0 Å². The van der Waals surface area contributed by atoms with Crippen LogP contribution < -0.4 is 10.0 Å². The SMILES string of the molecule is O=C(CNS(=O)(=O)c1cccs1)NC1CCC(n2ccc3cccnc32)CC1. The average molecular weight is 419 g/mol. The maximum atomic E-state index is 12.2. The van der Waals surface area contributed by atoms with E-state index in [-0.39, 0.29) is 22.7 Å². The number of hydrogen-bond acceptors (Lipinski definition) is 5. The lowest BCUT2D eigenvalue weighted by Crippen LogP contribution is -2.43. The minimum Gasteiger partial charge on any atom is -0.352 e. The van der Waals surface area contributed by atoms with Gasteiger partial charge in [-0.1, -0.05) is 6.07 Å². The first kappa shape index (κ1) is 19.1. The molecule has 2 N–H and O–H groups in total. The third-order valence-corrected chi connectivity index (χ3v) is 7.91. The molecule has 0 aromatic carbocycles. The molecule has 3 aromatic heterocycles. The molecule has 0 spiro atoms. The molecule has 0 radical (unpaired) electrons. The van der Waals surface area contributed by atoms with E-state index in [1.165, 1.54) is 6.07 Å². The molecule has 4 rings (SSSR count). The van der Waals surface area contributed by atoms with Crippen LogP contribution in [-0.4, -0.2) is 36.5 Å². The number of sulfonamides is 1. The molecule has 0 atom stereocenters. The van der Waals surface area contributed by atoms with E-state index in [0.717, 1.165) is 48.1 Å². The molecular formula is C19H22N4O3S2. The van der Waals surface area contributed by atoms with Gasteiger partial charge in [0.2, 0.25) is 5.91 Å². The Morgan fingerprint density at radius 2 is 2.00 bits per heavy atom. The Hall–Kier alpha value is -2.23. The van der Waals surface area contributed by atoms with Crippen molar-refractivity contribution < 1.29 is 13.2 Å². The fraction of sp³-hybridized carbons (Fsp3) is 0.368. The molecule has 3 heterocycles. The van der Waals surface area contributed by atoms with E-state index in [1.807, 2.05) is 12.3 Å². The number of nitrogens with zero attached hydrogens (tertiary/aromatic N) is 2. The Kier molecular flexibility index (Phi) is 5.47. The summed E-state index contributed by atoms with van der Waals surface area (Å²) in [5, 5.41) is 5.78. The van der Waals surface area contributed by atoms with Crippen molar-refractivity contribution >= 4 is 38.3 Å². The molecule has 1 aliphatic carbocycles. The number of nitrogens with one attached hydrogen (secondary N) is 2. The summed E-state index contributed by atoms with van der Waals surface area (Å²) >= 11 is 1.13. The number of amides is 1. The van der Waals surface area contributed by atoms with Crippen LogP contribution in [0.25, 0.3) is 11.0 Å². The maximum absolute atomic E-state index is 12.2. The van der Waals surface area contributed by atoms with Crippen LogP contribution in [0.1, 0.15) is 31.7 Å². The third kappa shape index (κ3) is 4.11. The van der Waals surface area contributed by atoms with E-state index < -0.39 is 10.0 Å². The number of hydrogen-bond donors (Lipinski definition) is 2. The molecule has 148 valence electrons. The molecule has 1 saturated carbocycles. The Balaban J connectivity index is 1.28. The zero-order valence-corrected chi connectivity index (χ0v) is 16.9. The van der Waals surface area contributed by atoms with Crippen LogP contribution in [0.2, 0.25) is 0 Å². The Morgan fingerprint density at radius 1 is 1.18 bits per heavy atom. The quantitative estimate of drug-likeness (QED) is 0.644. The molecule has 1 fully saturated rings. The third-order valence-electron chi connectivity index (χ3n) is 5.11. The summed E-state index contributed by atoms with van der Waals surface area (Å²) in [5.74, 6) is -0.295. The first-order valence-corrected chi connectivity index (χ1v) is 11.6. The number of fused-ring (bicyclic) bond motifs is 1. The normalized spacial score (nSPS) is 20.3. The van der Waals surface area contributed by atoms with E-state index in [1.54, 1.807) is 11.4 Å². The molecule has 1 aliphatic rings. The fourth-order valence-corrected chi connectivity index (χ4v) is 5.73. The van der Waals surface area contributed by atoms with Gasteiger partial charge in [0.25, 0.3) is 10.0 Å². The molecule has 7 nitrogen and oxygen atoms in total. The van der Waals surface area contributed by atoms with Gasteiger partial charge < -0.3 is 9.88 Å². The molecule has 0 saturated heterocycles. The summed E-state index contributed by atoms with van der Waals surface area (Å²) in [5.41, 5.74) is 0.998. The maximum Gasteiger partial charge on any atom is 0.250 e. The van der Waals surface area contributed by atoms with Crippen LogP contribution in [0.3, 0.4) is 0 Å². The zero-order valence-electron chi connectivity index (χ0n) is 15.2. The highest BCUT2D eigenvalue weighted by atomic mass is 32.2. The van der Waals surface area contributed by atoms with E-state index in [9.17, 15) is 13.2 Å². The number of rotatable bonds is 6. The van der Waals surface area contributed by atoms with Crippen LogP contribution in [-0.2, 0) is 14.8 Å². The molecule has 0 bridgehead atoms. The number of carbonyl (C=O) groups excluding carboxylic acids is 1. The van der Waals surface area contributed by atoms with E-state index in [4.69, 9.17) is 0 Å². The minimum absolute atomic E-state index is 0.0739. The average Bonchev–Trinajstić information content (AvgIpc) is 3.38. The Labute approximate surface area is 167 Å². The molecule has 9 heteroatoms. The summed E-state index contributed by atoms with van der Waals surface area (Å²) in [6, 6.07) is 9.71. The first-order valence-electron chi connectivity index (χ1n) is 9.27. The van der Waals surface area contributed by atoms with Crippen molar-refractivity contribution in [3.8, 4) is 0 Å². The van der Waals surface area contributed by atoms with Crippen molar-refractivity contribution in [1.82, 2.24) is 19.6 Å². The second-order valence-electron chi connectivity index (χ2n) is 6.97. The number of aromatic nitrogens is 2. The van der Waals surface area contributed by atoms with E-state index in [0.29, 0.717) is 6.04 Å². The minimum atomic E-state index is -3.61. The number of pyridine rings is 1. The van der Waals surface area contributed by atoms with Crippen LogP contribution in [0.5, 0.6) is 0 Å².